The fourth-order valence-corrected chi connectivity index (χ4v) is 3.28. The average molecular weight is 268 g/mol. The zero-order valence-corrected chi connectivity index (χ0v) is 12.3. The molecule has 2 heterocycles. The molecule has 19 heavy (non-hydrogen) atoms. The van der Waals surface area contributed by atoms with Gasteiger partial charge < -0.3 is 20.9 Å². The molecule has 0 saturated carbocycles. The van der Waals surface area contributed by atoms with Gasteiger partial charge in [0.05, 0.1) is 0 Å². The molecule has 2 saturated heterocycles. The summed E-state index contributed by atoms with van der Waals surface area (Å²) >= 11 is 0. The van der Waals surface area contributed by atoms with Crippen molar-refractivity contribution in [3.8, 4) is 0 Å². The number of hydrogen-bond acceptors (Lipinski definition) is 3. The number of nitrogens with two attached hydrogens (primary N) is 1. The van der Waals surface area contributed by atoms with Crippen molar-refractivity contribution < 1.29 is 4.79 Å². The van der Waals surface area contributed by atoms with Crippen LogP contribution in [-0.2, 0) is 0 Å². The predicted molar refractivity (Wildman–Crippen MR) is 77.0 cm³/mol. The Hall–Kier alpha value is -0.810. The van der Waals surface area contributed by atoms with Crippen LogP contribution in [0.4, 0.5) is 4.79 Å². The van der Waals surface area contributed by atoms with Crippen LogP contribution in [0.1, 0.15) is 33.1 Å². The molecule has 0 aromatic heterocycles. The molecule has 0 spiro atoms. The lowest BCUT2D eigenvalue weighted by atomic mass is 10.0. The van der Waals surface area contributed by atoms with E-state index in [1.165, 1.54) is 0 Å². The van der Waals surface area contributed by atoms with E-state index in [1.54, 1.807) is 0 Å². The second-order valence-corrected chi connectivity index (χ2v) is 6.29. The molecular weight excluding hydrogens is 240 g/mol. The number of piperidine rings is 1. The highest BCUT2D eigenvalue weighted by Crippen LogP contribution is 2.21. The van der Waals surface area contributed by atoms with Gasteiger partial charge in [-0.3, -0.25) is 0 Å². The van der Waals surface area contributed by atoms with Crippen molar-refractivity contribution in [2.45, 2.75) is 45.2 Å². The van der Waals surface area contributed by atoms with Gasteiger partial charge in [-0.15, -0.1) is 0 Å². The van der Waals surface area contributed by atoms with Crippen LogP contribution in [0, 0.1) is 5.92 Å². The van der Waals surface area contributed by atoms with E-state index in [4.69, 9.17) is 5.73 Å². The lowest BCUT2D eigenvalue weighted by Crippen LogP contribution is -2.47. The Bertz CT molecular complexity index is 300. The van der Waals surface area contributed by atoms with E-state index in [0.717, 1.165) is 52.0 Å². The second-order valence-electron chi connectivity index (χ2n) is 6.29. The van der Waals surface area contributed by atoms with Crippen LogP contribution < -0.4 is 11.1 Å². The molecule has 110 valence electrons. The molecule has 1 unspecified atom stereocenters. The van der Waals surface area contributed by atoms with Crippen molar-refractivity contribution >= 4 is 6.03 Å². The molecule has 2 aliphatic rings. The molecule has 5 nitrogen and oxygen atoms in total. The Morgan fingerprint density at radius 2 is 2.05 bits per heavy atom. The number of rotatable bonds is 5. The maximum atomic E-state index is 12.1. The Morgan fingerprint density at radius 3 is 2.63 bits per heavy atom. The Kier molecular flexibility index (Phi) is 5.05. The van der Waals surface area contributed by atoms with Crippen LogP contribution in [0.5, 0.6) is 0 Å². The van der Waals surface area contributed by atoms with Crippen molar-refractivity contribution in [3.05, 3.63) is 0 Å². The van der Waals surface area contributed by atoms with Gasteiger partial charge in [0.2, 0.25) is 0 Å². The first-order valence-corrected chi connectivity index (χ1v) is 7.59. The number of nitrogens with one attached hydrogen (secondary N) is 1. The number of amides is 2. The van der Waals surface area contributed by atoms with Gasteiger partial charge >= 0.3 is 6.03 Å². The topological polar surface area (TPSA) is 61.6 Å². The zero-order chi connectivity index (χ0) is 13.8. The summed E-state index contributed by atoms with van der Waals surface area (Å²) in [5.41, 5.74) is 5.59. The second kappa shape index (κ2) is 6.57. The number of urea groups is 1. The molecule has 0 aromatic rings. The van der Waals surface area contributed by atoms with Crippen molar-refractivity contribution in [2.75, 3.05) is 32.7 Å². The standard InChI is InChI=1S/C14H28N4O/c1-11(2)9-12-10-18(14(19)16-12)13-3-6-17(7-4-13)8-5-15/h11-13H,3-10,15H2,1-2H3,(H,16,19). The predicted octanol–water partition coefficient (Wildman–Crippen LogP) is 0.849. The maximum absolute atomic E-state index is 12.1. The van der Waals surface area contributed by atoms with Gasteiger partial charge in [0.15, 0.2) is 0 Å². The first-order chi connectivity index (χ1) is 9.10. The minimum Gasteiger partial charge on any atom is -0.333 e. The molecule has 5 heteroatoms. The van der Waals surface area contributed by atoms with E-state index >= 15 is 0 Å². The minimum atomic E-state index is 0.142. The summed E-state index contributed by atoms with van der Waals surface area (Å²) in [5.74, 6) is 0.636. The van der Waals surface area contributed by atoms with Gasteiger partial charge in [-0.05, 0) is 25.2 Å². The number of carbonyl (C=O) groups is 1. The van der Waals surface area contributed by atoms with Crippen molar-refractivity contribution in [2.24, 2.45) is 11.7 Å². The minimum absolute atomic E-state index is 0.142. The molecule has 3 N–H and O–H groups in total. The highest BCUT2D eigenvalue weighted by molar-refractivity contribution is 5.77. The smallest absolute Gasteiger partial charge is 0.317 e. The van der Waals surface area contributed by atoms with E-state index in [2.05, 4.69) is 29.0 Å². The average Bonchev–Trinajstić information content (AvgIpc) is 2.71. The summed E-state index contributed by atoms with van der Waals surface area (Å²) in [6, 6.07) is 0.906. The highest BCUT2D eigenvalue weighted by Gasteiger charge is 2.35. The molecule has 0 aromatic carbocycles. The SMILES string of the molecule is CC(C)CC1CN(C2CCN(CCN)CC2)C(=O)N1. The van der Waals surface area contributed by atoms with Crippen LogP contribution >= 0.6 is 0 Å². The van der Waals surface area contributed by atoms with Gasteiger partial charge in [-0.25, -0.2) is 4.79 Å². The summed E-state index contributed by atoms with van der Waals surface area (Å²) in [4.78, 5) is 16.5. The van der Waals surface area contributed by atoms with Gasteiger partial charge in [0.1, 0.15) is 0 Å². The van der Waals surface area contributed by atoms with E-state index < -0.39 is 0 Å². The first kappa shape index (κ1) is 14.6. The van der Waals surface area contributed by atoms with Gasteiger partial charge in [-0.2, -0.15) is 0 Å². The van der Waals surface area contributed by atoms with Crippen LogP contribution in [0.25, 0.3) is 0 Å². The summed E-state index contributed by atoms with van der Waals surface area (Å²) < 4.78 is 0. The molecular formula is C14H28N4O. The summed E-state index contributed by atoms with van der Waals surface area (Å²) in [6.07, 6.45) is 3.25. The molecule has 2 fully saturated rings. The molecule has 0 bridgehead atoms. The fourth-order valence-electron chi connectivity index (χ4n) is 3.28. The third-order valence-corrected chi connectivity index (χ3v) is 4.20. The van der Waals surface area contributed by atoms with Crippen LogP contribution in [-0.4, -0.2) is 60.6 Å². The number of hydrogen-bond donors (Lipinski definition) is 2. The largest absolute Gasteiger partial charge is 0.333 e. The molecule has 1 atom stereocenters. The Morgan fingerprint density at radius 1 is 1.37 bits per heavy atom. The zero-order valence-electron chi connectivity index (χ0n) is 12.3. The number of carbonyl (C=O) groups excluding carboxylic acids is 1. The summed E-state index contributed by atoms with van der Waals surface area (Å²) in [6.45, 7) is 9.15. The molecule has 2 aliphatic heterocycles. The summed E-state index contributed by atoms with van der Waals surface area (Å²) in [7, 11) is 0. The Balaban J connectivity index is 1.81. The van der Waals surface area contributed by atoms with Crippen LogP contribution in [0.2, 0.25) is 0 Å². The maximum Gasteiger partial charge on any atom is 0.317 e. The van der Waals surface area contributed by atoms with Crippen LogP contribution in [0.3, 0.4) is 0 Å². The third-order valence-electron chi connectivity index (χ3n) is 4.20. The van der Waals surface area contributed by atoms with Crippen molar-refractivity contribution in [1.29, 1.82) is 0 Å². The van der Waals surface area contributed by atoms with Gasteiger partial charge in [-0.1, -0.05) is 13.8 Å². The molecule has 0 aliphatic carbocycles. The fraction of sp³-hybridized carbons (Fsp3) is 0.929. The first-order valence-electron chi connectivity index (χ1n) is 7.59. The number of likely N-dealkylation sites (tertiary alicyclic amines) is 1. The monoisotopic (exact) mass is 268 g/mol. The normalized spacial score (nSPS) is 26.2. The van der Waals surface area contributed by atoms with Gasteiger partial charge in [0.25, 0.3) is 0 Å². The van der Waals surface area contributed by atoms with E-state index in [-0.39, 0.29) is 6.03 Å². The highest BCUT2D eigenvalue weighted by atomic mass is 16.2. The quantitative estimate of drug-likeness (QED) is 0.777. The molecule has 2 amide bonds. The van der Waals surface area contributed by atoms with Gasteiger partial charge in [0, 0.05) is 44.8 Å². The Labute approximate surface area is 116 Å². The molecule has 2 rings (SSSR count). The van der Waals surface area contributed by atoms with E-state index in [0.29, 0.717) is 18.0 Å². The van der Waals surface area contributed by atoms with Crippen LogP contribution in [0.15, 0.2) is 0 Å². The molecule has 0 radical (unpaired) electrons. The van der Waals surface area contributed by atoms with Crippen molar-refractivity contribution in [1.82, 2.24) is 15.1 Å². The lowest BCUT2D eigenvalue weighted by molar-refractivity contribution is 0.136. The number of nitrogens with zero attached hydrogens (tertiary/aromatic N) is 2. The third kappa shape index (κ3) is 3.83. The van der Waals surface area contributed by atoms with E-state index in [9.17, 15) is 4.79 Å². The van der Waals surface area contributed by atoms with E-state index in [1.807, 2.05) is 0 Å². The summed E-state index contributed by atoms with van der Waals surface area (Å²) in [5, 5.41) is 3.12. The lowest BCUT2D eigenvalue weighted by Gasteiger charge is -2.36. The van der Waals surface area contributed by atoms with Crippen molar-refractivity contribution in [3.63, 3.8) is 0 Å².